The van der Waals surface area contributed by atoms with Crippen LogP contribution in [0.2, 0.25) is 0 Å². The first kappa shape index (κ1) is 38.2. The van der Waals surface area contributed by atoms with Gasteiger partial charge in [0.1, 0.15) is 0 Å². The van der Waals surface area contributed by atoms with Crippen molar-refractivity contribution in [3.05, 3.63) is 224 Å². The van der Waals surface area contributed by atoms with Crippen molar-refractivity contribution >= 4 is 107 Å². The Labute approximate surface area is 399 Å². The van der Waals surface area contributed by atoms with Crippen molar-refractivity contribution < 1.29 is 0 Å². The maximum Gasteiger partial charge on any atom is 0.238 e. The molecule has 0 spiro atoms. The summed E-state index contributed by atoms with van der Waals surface area (Å²) in [4.78, 5) is 16.1. The molecule has 0 aliphatic rings. The minimum absolute atomic E-state index is 0.569. The molecule has 0 radical (unpaired) electrons. The summed E-state index contributed by atoms with van der Waals surface area (Å²) in [6.07, 6.45) is 0. The first-order valence-electron chi connectivity index (χ1n) is 23.4. The zero-order valence-corrected chi connectivity index (χ0v) is 37.8. The van der Waals surface area contributed by atoms with Crippen molar-refractivity contribution in [3.63, 3.8) is 0 Å². The van der Waals surface area contributed by atoms with E-state index in [1.165, 1.54) is 63.4 Å². The highest BCUT2D eigenvalue weighted by atomic mass is 32.1. The van der Waals surface area contributed by atoms with Crippen molar-refractivity contribution in [2.45, 2.75) is 0 Å². The minimum Gasteiger partial charge on any atom is -0.309 e. The fourth-order valence-electron chi connectivity index (χ4n) is 11.2. The van der Waals surface area contributed by atoms with Gasteiger partial charge in [-0.05, 0) is 86.4 Å². The SMILES string of the molecule is c1ccc(-c2nc(-c3cccc4sc5ccccc5c34)nc(-n3c4ccccc4c4cc5c6ccccc6n(-c6ccccc6-c6ccc7c8ccccc8c8ccccc8c7c6)c5cc43)n2)cc1. The molecule has 0 amide bonds. The number of aromatic nitrogens is 5. The smallest absolute Gasteiger partial charge is 0.238 e. The van der Waals surface area contributed by atoms with Crippen LogP contribution in [0.4, 0.5) is 0 Å². The van der Waals surface area contributed by atoms with Gasteiger partial charge in [0.25, 0.3) is 0 Å². The summed E-state index contributed by atoms with van der Waals surface area (Å²) < 4.78 is 7.15. The first-order valence-corrected chi connectivity index (χ1v) is 24.2. The number of rotatable bonds is 5. The summed E-state index contributed by atoms with van der Waals surface area (Å²) in [5.74, 6) is 1.83. The van der Waals surface area contributed by atoms with Gasteiger partial charge in [-0.2, -0.15) is 9.97 Å². The van der Waals surface area contributed by atoms with Crippen LogP contribution in [0.3, 0.4) is 0 Å². The monoisotopic (exact) mass is 895 g/mol. The molecule has 0 atom stereocenters. The van der Waals surface area contributed by atoms with E-state index in [1.54, 1.807) is 11.3 Å². The van der Waals surface area contributed by atoms with E-state index >= 15 is 0 Å². The van der Waals surface area contributed by atoms with E-state index < -0.39 is 0 Å². The third-order valence-corrected chi connectivity index (χ3v) is 15.3. The summed E-state index contributed by atoms with van der Waals surface area (Å²) in [6, 6.07) is 81.0. The van der Waals surface area contributed by atoms with E-state index in [2.05, 4.69) is 215 Å². The second-order valence-corrected chi connectivity index (χ2v) is 19.0. The third kappa shape index (κ3) is 5.67. The molecule has 15 rings (SSSR count). The van der Waals surface area contributed by atoms with Gasteiger partial charge in [0.15, 0.2) is 11.6 Å². The van der Waals surface area contributed by atoms with Gasteiger partial charge in [0.2, 0.25) is 5.95 Å². The van der Waals surface area contributed by atoms with Gasteiger partial charge in [-0.3, -0.25) is 4.57 Å². The number of hydrogen-bond acceptors (Lipinski definition) is 4. The zero-order valence-electron chi connectivity index (χ0n) is 37.0. The summed E-state index contributed by atoms with van der Waals surface area (Å²) in [7, 11) is 0. The molecular formula is C63H37N5S. The molecule has 11 aromatic carbocycles. The van der Waals surface area contributed by atoms with Crippen LogP contribution in [0.1, 0.15) is 0 Å². The standard InChI is InChI=1S/C63H37N5S/c1-2-17-38(18-3-1)61-64-62(49-27-16-32-59-60(49)48-26-11-15-31-58(48)69-59)66-63(65-61)68-55-30-14-10-25-47(55)52-36-51-46-24-9-13-29-54(46)67(56(51)37-57(52)68)53-28-12-8-19-40(53)39-33-34-45-43-22-5-4-20-41(43)42-21-6-7-23-44(42)50(45)35-39/h1-37H. The molecule has 6 heteroatoms. The molecular weight excluding hydrogens is 859 g/mol. The van der Waals surface area contributed by atoms with E-state index in [1.807, 2.05) is 18.2 Å². The minimum atomic E-state index is 0.569. The van der Waals surface area contributed by atoms with Crippen LogP contribution in [0, 0.1) is 0 Å². The molecule has 69 heavy (non-hydrogen) atoms. The summed E-state index contributed by atoms with van der Waals surface area (Å²) >= 11 is 1.80. The number of para-hydroxylation sites is 3. The van der Waals surface area contributed by atoms with Gasteiger partial charge in [0.05, 0.1) is 27.8 Å². The number of nitrogens with zero attached hydrogens (tertiary/aromatic N) is 5. The first-order chi connectivity index (χ1) is 34.2. The predicted molar refractivity (Wildman–Crippen MR) is 290 cm³/mol. The highest BCUT2D eigenvalue weighted by Crippen LogP contribution is 2.44. The maximum atomic E-state index is 5.47. The molecule has 0 saturated heterocycles. The molecule has 4 aromatic heterocycles. The molecule has 4 heterocycles. The average molecular weight is 896 g/mol. The zero-order chi connectivity index (χ0) is 45.2. The highest BCUT2D eigenvalue weighted by molar-refractivity contribution is 7.25. The van der Waals surface area contributed by atoms with Crippen LogP contribution >= 0.6 is 11.3 Å². The lowest BCUT2D eigenvalue weighted by Gasteiger charge is -2.16. The lowest BCUT2D eigenvalue weighted by atomic mass is 9.92. The van der Waals surface area contributed by atoms with Crippen LogP contribution < -0.4 is 0 Å². The Morgan fingerprint density at radius 3 is 1.57 bits per heavy atom. The Kier molecular flexibility index (Phi) is 8.17. The largest absolute Gasteiger partial charge is 0.309 e. The molecule has 0 aliphatic carbocycles. The van der Waals surface area contributed by atoms with E-state index in [-0.39, 0.29) is 0 Å². The van der Waals surface area contributed by atoms with Crippen molar-refractivity contribution in [3.8, 4) is 45.5 Å². The van der Waals surface area contributed by atoms with Gasteiger partial charge < -0.3 is 4.57 Å². The summed E-state index contributed by atoms with van der Waals surface area (Å²) in [5, 5.41) is 14.6. The Morgan fingerprint density at radius 2 is 0.826 bits per heavy atom. The summed E-state index contributed by atoms with van der Waals surface area (Å²) in [5.41, 5.74) is 9.64. The molecule has 0 unspecified atom stereocenters. The molecule has 5 nitrogen and oxygen atoms in total. The fourth-order valence-corrected chi connectivity index (χ4v) is 12.3. The van der Waals surface area contributed by atoms with Crippen LogP contribution in [-0.2, 0) is 0 Å². The molecule has 0 fully saturated rings. The number of thiophene rings is 1. The van der Waals surface area contributed by atoms with Crippen molar-refractivity contribution in [2.24, 2.45) is 0 Å². The van der Waals surface area contributed by atoms with Crippen LogP contribution in [0.15, 0.2) is 224 Å². The molecule has 0 saturated carbocycles. The molecule has 15 aromatic rings. The fraction of sp³-hybridized carbons (Fsp3) is 0. The highest BCUT2D eigenvalue weighted by Gasteiger charge is 2.23. The van der Waals surface area contributed by atoms with Gasteiger partial charge in [-0.1, -0.05) is 176 Å². The molecule has 0 N–H and O–H groups in total. The van der Waals surface area contributed by atoms with E-state index in [0.717, 1.165) is 60.6 Å². The number of fused-ring (bicyclic) bond motifs is 15. The van der Waals surface area contributed by atoms with Crippen molar-refractivity contribution in [2.75, 3.05) is 0 Å². The molecule has 320 valence electrons. The Morgan fingerprint density at radius 1 is 0.290 bits per heavy atom. The summed E-state index contributed by atoms with van der Waals surface area (Å²) in [6.45, 7) is 0. The number of hydrogen-bond donors (Lipinski definition) is 0. The van der Waals surface area contributed by atoms with Gasteiger partial charge in [0, 0.05) is 58.4 Å². The van der Waals surface area contributed by atoms with Crippen LogP contribution in [0.25, 0.3) is 142 Å². The number of benzene rings is 11. The van der Waals surface area contributed by atoms with Gasteiger partial charge >= 0.3 is 0 Å². The topological polar surface area (TPSA) is 48.5 Å². The van der Waals surface area contributed by atoms with Crippen molar-refractivity contribution in [1.29, 1.82) is 0 Å². The van der Waals surface area contributed by atoms with Gasteiger partial charge in [-0.25, -0.2) is 4.98 Å². The Bertz CT molecular complexity index is 4580. The lowest BCUT2D eigenvalue weighted by Crippen LogP contribution is -2.06. The average Bonchev–Trinajstić information content (AvgIpc) is 4.07. The lowest BCUT2D eigenvalue weighted by molar-refractivity contribution is 0.954. The molecule has 0 bridgehead atoms. The quantitative estimate of drug-likeness (QED) is 0.162. The molecule has 0 aliphatic heterocycles. The van der Waals surface area contributed by atoms with E-state index in [0.29, 0.717) is 17.6 Å². The normalized spacial score (nSPS) is 12.1. The predicted octanol–water partition coefficient (Wildman–Crippen LogP) is 16.9. The van der Waals surface area contributed by atoms with Gasteiger partial charge in [-0.15, -0.1) is 11.3 Å². The van der Waals surface area contributed by atoms with Crippen LogP contribution in [-0.4, -0.2) is 24.1 Å². The van der Waals surface area contributed by atoms with Crippen LogP contribution in [0.5, 0.6) is 0 Å². The third-order valence-electron chi connectivity index (χ3n) is 14.2. The van der Waals surface area contributed by atoms with E-state index in [9.17, 15) is 0 Å². The second kappa shape index (κ2) is 14.8. The second-order valence-electron chi connectivity index (χ2n) is 17.9. The van der Waals surface area contributed by atoms with Crippen molar-refractivity contribution in [1.82, 2.24) is 24.1 Å². The Balaban J connectivity index is 1.00. The Hall–Kier alpha value is -8.97. The van der Waals surface area contributed by atoms with E-state index in [4.69, 9.17) is 15.0 Å². The maximum absolute atomic E-state index is 5.47.